The van der Waals surface area contributed by atoms with E-state index in [2.05, 4.69) is 61.4 Å². The number of rotatable bonds is 5. The van der Waals surface area contributed by atoms with E-state index in [0.29, 0.717) is 0 Å². The van der Waals surface area contributed by atoms with Crippen LogP contribution < -0.4 is 5.32 Å². The third kappa shape index (κ3) is 3.21. The Hall–Kier alpha value is -1.67. The predicted octanol–water partition coefficient (Wildman–Crippen LogP) is 3.65. The SMILES string of the molecule is CCNC(c1cccc(C)c1)c1ccncc1CC. The first kappa shape index (κ1) is 13.8. The maximum absolute atomic E-state index is 4.24. The van der Waals surface area contributed by atoms with Crippen LogP contribution in [0.2, 0.25) is 0 Å². The van der Waals surface area contributed by atoms with Crippen molar-refractivity contribution in [3.05, 3.63) is 65.0 Å². The maximum Gasteiger partial charge on any atom is 0.0580 e. The summed E-state index contributed by atoms with van der Waals surface area (Å²) >= 11 is 0. The van der Waals surface area contributed by atoms with E-state index in [9.17, 15) is 0 Å². The molecule has 2 aromatic rings. The minimum absolute atomic E-state index is 0.253. The second kappa shape index (κ2) is 6.48. The summed E-state index contributed by atoms with van der Waals surface area (Å²) in [7, 11) is 0. The first-order valence-electron chi connectivity index (χ1n) is 6.99. The topological polar surface area (TPSA) is 24.9 Å². The van der Waals surface area contributed by atoms with E-state index in [-0.39, 0.29) is 6.04 Å². The Bertz CT molecular complexity index is 534. The second-order valence-electron chi connectivity index (χ2n) is 4.83. The van der Waals surface area contributed by atoms with Crippen LogP contribution in [0.4, 0.5) is 0 Å². The molecule has 2 nitrogen and oxygen atoms in total. The van der Waals surface area contributed by atoms with Gasteiger partial charge in [0.05, 0.1) is 6.04 Å². The van der Waals surface area contributed by atoms with Crippen LogP contribution in [0.25, 0.3) is 0 Å². The molecule has 0 aliphatic heterocycles. The number of nitrogens with one attached hydrogen (secondary N) is 1. The van der Waals surface area contributed by atoms with Crippen molar-refractivity contribution >= 4 is 0 Å². The molecular weight excluding hydrogens is 232 g/mol. The van der Waals surface area contributed by atoms with E-state index < -0.39 is 0 Å². The van der Waals surface area contributed by atoms with E-state index >= 15 is 0 Å². The Morgan fingerprint density at radius 2 is 2.05 bits per heavy atom. The summed E-state index contributed by atoms with van der Waals surface area (Å²) in [5.41, 5.74) is 5.27. The quantitative estimate of drug-likeness (QED) is 0.881. The highest BCUT2D eigenvalue weighted by Crippen LogP contribution is 2.25. The molecule has 100 valence electrons. The maximum atomic E-state index is 4.24. The molecular formula is C17H22N2. The van der Waals surface area contributed by atoms with Crippen LogP contribution in [-0.2, 0) is 6.42 Å². The predicted molar refractivity (Wildman–Crippen MR) is 80.3 cm³/mol. The fourth-order valence-corrected chi connectivity index (χ4v) is 2.48. The molecule has 0 saturated carbocycles. The van der Waals surface area contributed by atoms with E-state index in [4.69, 9.17) is 0 Å². The second-order valence-corrected chi connectivity index (χ2v) is 4.83. The number of hydrogen-bond acceptors (Lipinski definition) is 2. The molecule has 0 bridgehead atoms. The molecule has 1 unspecified atom stereocenters. The van der Waals surface area contributed by atoms with Gasteiger partial charge < -0.3 is 5.32 Å². The Balaban J connectivity index is 2.45. The van der Waals surface area contributed by atoms with Crippen molar-refractivity contribution in [1.82, 2.24) is 10.3 Å². The molecule has 1 aromatic carbocycles. The summed E-state index contributed by atoms with van der Waals surface area (Å²) in [5.74, 6) is 0. The first-order chi connectivity index (χ1) is 9.26. The van der Waals surface area contributed by atoms with Crippen LogP contribution in [0.5, 0.6) is 0 Å². The van der Waals surface area contributed by atoms with Gasteiger partial charge in [0.15, 0.2) is 0 Å². The Morgan fingerprint density at radius 1 is 1.21 bits per heavy atom. The van der Waals surface area contributed by atoms with Gasteiger partial charge in [-0.05, 0) is 42.6 Å². The fraction of sp³-hybridized carbons (Fsp3) is 0.353. The van der Waals surface area contributed by atoms with E-state index in [1.54, 1.807) is 0 Å². The molecule has 2 rings (SSSR count). The van der Waals surface area contributed by atoms with Gasteiger partial charge in [0.1, 0.15) is 0 Å². The minimum atomic E-state index is 0.253. The third-order valence-electron chi connectivity index (χ3n) is 3.42. The number of nitrogens with zero attached hydrogens (tertiary/aromatic N) is 1. The summed E-state index contributed by atoms with van der Waals surface area (Å²) < 4.78 is 0. The lowest BCUT2D eigenvalue weighted by Gasteiger charge is -2.21. The van der Waals surface area contributed by atoms with Crippen molar-refractivity contribution in [3.63, 3.8) is 0 Å². The van der Waals surface area contributed by atoms with E-state index in [1.165, 1.54) is 22.3 Å². The average molecular weight is 254 g/mol. The highest BCUT2D eigenvalue weighted by atomic mass is 14.9. The monoisotopic (exact) mass is 254 g/mol. The molecule has 0 spiro atoms. The largest absolute Gasteiger partial charge is 0.307 e. The van der Waals surface area contributed by atoms with Crippen molar-refractivity contribution < 1.29 is 0 Å². The molecule has 0 saturated heterocycles. The molecule has 1 heterocycles. The molecule has 1 N–H and O–H groups in total. The van der Waals surface area contributed by atoms with Gasteiger partial charge in [-0.15, -0.1) is 0 Å². The zero-order chi connectivity index (χ0) is 13.7. The smallest absolute Gasteiger partial charge is 0.0580 e. The lowest BCUT2D eigenvalue weighted by atomic mass is 9.94. The molecule has 0 fully saturated rings. The van der Waals surface area contributed by atoms with Crippen molar-refractivity contribution in [2.75, 3.05) is 6.54 Å². The lowest BCUT2D eigenvalue weighted by Crippen LogP contribution is -2.23. The lowest BCUT2D eigenvalue weighted by molar-refractivity contribution is 0.624. The Kier molecular flexibility index (Phi) is 4.69. The zero-order valence-corrected chi connectivity index (χ0v) is 12.0. The van der Waals surface area contributed by atoms with E-state index in [1.807, 2.05) is 12.4 Å². The highest BCUT2D eigenvalue weighted by molar-refractivity contribution is 5.37. The van der Waals surface area contributed by atoms with Gasteiger partial charge >= 0.3 is 0 Å². The van der Waals surface area contributed by atoms with Gasteiger partial charge in [-0.2, -0.15) is 0 Å². The highest BCUT2D eigenvalue weighted by Gasteiger charge is 2.15. The van der Waals surface area contributed by atoms with Crippen LogP contribution in [0, 0.1) is 6.92 Å². The summed E-state index contributed by atoms with van der Waals surface area (Å²) in [5, 5.41) is 3.59. The molecule has 0 aliphatic carbocycles. The summed E-state index contributed by atoms with van der Waals surface area (Å²) in [6, 6.07) is 11.1. The fourth-order valence-electron chi connectivity index (χ4n) is 2.48. The Labute approximate surface area is 115 Å². The summed E-state index contributed by atoms with van der Waals surface area (Å²) in [4.78, 5) is 4.24. The molecule has 0 radical (unpaired) electrons. The molecule has 1 aromatic heterocycles. The Morgan fingerprint density at radius 3 is 2.74 bits per heavy atom. The number of aromatic nitrogens is 1. The number of aryl methyl sites for hydroxylation is 2. The molecule has 2 heteroatoms. The minimum Gasteiger partial charge on any atom is -0.307 e. The van der Waals surface area contributed by atoms with Gasteiger partial charge in [0, 0.05) is 12.4 Å². The third-order valence-corrected chi connectivity index (χ3v) is 3.42. The summed E-state index contributed by atoms with van der Waals surface area (Å²) in [6.07, 6.45) is 4.88. The number of benzene rings is 1. The van der Waals surface area contributed by atoms with Crippen LogP contribution in [0.3, 0.4) is 0 Å². The van der Waals surface area contributed by atoms with Crippen molar-refractivity contribution in [2.24, 2.45) is 0 Å². The average Bonchev–Trinajstić information content (AvgIpc) is 2.45. The summed E-state index contributed by atoms with van der Waals surface area (Å²) in [6.45, 7) is 7.42. The molecule has 0 amide bonds. The first-order valence-corrected chi connectivity index (χ1v) is 6.99. The van der Waals surface area contributed by atoms with Crippen molar-refractivity contribution in [2.45, 2.75) is 33.2 Å². The van der Waals surface area contributed by atoms with Crippen molar-refractivity contribution in [3.8, 4) is 0 Å². The normalized spacial score (nSPS) is 12.4. The van der Waals surface area contributed by atoms with Gasteiger partial charge in [-0.3, -0.25) is 4.98 Å². The number of pyridine rings is 1. The van der Waals surface area contributed by atoms with Gasteiger partial charge in [0.25, 0.3) is 0 Å². The van der Waals surface area contributed by atoms with Crippen LogP contribution >= 0.6 is 0 Å². The van der Waals surface area contributed by atoms with E-state index in [0.717, 1.165) is 13.0 Å². The van der Waals surface area contributed by atoms with Crippen LogP contribution in [0.15, 0.2) is 42.7 Å². The van der Waals surface area contributed by atoms with Gasteiger partial charge in [-0.25, -0.2) is 0 Å². The zero-order valence-electron chi connectivity index (χ0n) is 12.0. The molecule has 19 heavy (non-hydrogen) atoms. The number of hydrogen-bond donors (Lipinski definition) is 1. The van der Waals surface area contributed by atoms with Crippen molar-refractivity contribution in [1.29, 1.82) is 0 Å². The van der Waals surface area contributed by atoms with Gasteiger partial charge in [-0.1, -0.05) is 43.7 Å². The molecule has 0 aliphatic rings. The van der Waals surface area contributed by atoms with Gasteiger partial charge in [0.2, 0.25) is 0 Å². The van der Waals surface area contributed by atoms with Crippen LogP contribution in [0.1, 0.15) is 42.1 Å². The van der Waals surface area contributed by atoms with Crippen LogP contribution in [-0.4, -0.2) is 11.5 Å². The molecule has 1 atom stereocenters. The standard InChI is InChI=1S/C17H22N2/c1-4-14-12-18-10-9-16(14)17(19-5-2)15-8-6-7-13(3)11-15/h6-12,17,19H,4-5H2,1-3H3.